The zero-order chi connectivity index (χ0) is 25.7. The fourth-order valence-electron chi connectivity index (χ4n) is 3.73. The van der Waals surface area contributed by atoms with Gasteiger partial charge in [0, 0.05) is 16.0 Å². The van der Waals surface area contributed by atoms with Crippen LogP contribution in [0.4, 0.5) is 0 Å². The summed E-state index contributed by atoms with van der Waals surface area (Å²) in [5.74, 6) is 0.197. The fraction of sp³-hybridized carbons (Fsp3) is 0.200. The van der Waals surface area contributed by atoms with Gasteiger partial charge in [0.1, 0.15) is 18.4 Å². The standard InChI is InChI=1S/C25H22Br2ClN3O4S/c26-19-6-3-17(4-7-19)16-35-24-12-5-18(14-22(24)27)15-29-30-25(32)23-2-1-13-31(23)36(33,34)21-10-8-20(28)9-11-21/h3-12,14-15,23H,1-2,13,16H2,(H,30,32)/b29-15-/t23-/m1/s1. The van der Waals surface area contributed by atoms with Crippen molar-refractivity contribution in [3.63, 3.8) is 0 Å². The van der Waals surface area contributed by atoms with Crippen molar-refractivity contribution in [2.24, 2.45) is 5.10 Å². The molecule has 36 heavy (non-hydrogen) atoms. The highest BCUT2D eigenvalue weighted by Gasteiger charge is 2.39. The van der Waals surface area contributed by atoms with E-state index in [0.29, 0.717) is 30.2 Å². The fourth-order valence-corrected chi connectivity index (χ4v) is 6.29. The molecule has 11 heteroatoms. The summed E-state index contributed by atoms with van der Waals surface area (Å²) in [6.45, 7) is 0.688. The molecule has 0 aromatic heterocycles. The molecule has 0 unspecified atom stereocenters. The quantitative estimate of drug-likeness (QED) is 0.248. The summed E-state index contributed by atoms with van der Waals surface area (Å²) < 4.78 is 34.9. The molecule has 4 rings (SSSR count). The second kappa shape index (κ2) is 11.9. The summed E-state index contributed by atoms with van der Waals surface area (Å²) in [5, 5.41) is 4.47. The maximum Gasteiger partial charge on any atom is 0.258 e. The van der Waals surface area contributed by atoms with Gasteiger partial charge < -0.3 is 4.74 Å². The highest BCUT2D eigenvalue weighted by atomic mass is 79.9. The summed E-state index contributed by atoms with van der Waals surface area (Å²) in [7, 11) is -3.83. The summed E-state index contributed by atoms with van der Waals surface area (Å²) >= 11 is 12.8. The summed E-state index contributed by atoms with van der Waals surface area (Å²) in [5.41, 5.74) is 4.24. The highest BCUT2D eigenvalue weighted by Crippen LogP contribution is 2.28. The number of amides is 1. The molecule has 188 valence electrons. The summed E-state index contributed by atoms with van der Waals surface area (Å²) in [4.78, 5) is 12.9. The maximum atomic E-state index is 13.0. The van der Waals surface area contributed by atoms with Crippen LogP contribution in [0.5, 0.6) is 5.75 Å². The van der Waals surface area contributed by atoms with Crippen molar-refractivity contribution in [3.8, 4) is 5.75 Å². The van der Waals surface area contributed by atoms with Crippen LogP contribution in [0.25, 0.3) is 0 Å². The van der Waals surface area contributed by atoms with E-state index in [2.05, 4.69) is 42.4 Å². The van der Waals surface area contributed by atoms with Crippen LogP contribution < -0.4 is 10.2 Å². The first-order valence-corrected chi connectivity index (χ1v) is 14.4. The van der Waals surface area contributed by atoms with E-state index in [1.807, 2.05) is 42.5 Å². The van der Waals surface area contributed by atoms with Crippen molar-refractivity contribution in [2.75, 3.05) is 6.54 Å². The predicted octanol–water partition coefficient (Wildman–Crippen LogP) is 5.75. The first kappa shape index (κ1) is 26.8. The lowest BCUT2D eigenvalue weighted by Crippen LogP contribution is -2.44. The molecule has 0 spiro atoms. The summed E-state index contributed by atoms with van der Waals surface area (Å²) in [6, 6.07) is 18.4. The van der Waals surface area contributed by atoms with Gasteiger partial charge in [0.25, 0.3) is 5.91 Å². The van der Waals surface area contributed by atoms with E-state index in [0.717, 1.165) is 20.1 Å². The average molecular weight is 656 g/mol. The van der Waals surface area contributed by atoms with Crippen LogP contribution in [0.15, 0.2) is 85.7 Å². The van der Waals surface area contributed by atoms with Crippen LogP contribution in [0.2, 0.25) is 5.02 Å². The van der Waals surface area contributed by atoms with Crippen LogP contribution in [0, 0.1) is 0 Å². The van der Waals surface area contributed by atoms with E-state index >= 15 is 0 Å². The predicted molar refractivity (Wildman–Crippen MR) is 147 cm³/mol. The van der Waals surface area contributed by atoms with Crippen molar-refractivity contribution in [2.45, 2.75) is 30.4 Å². The molecular formula is C25H22Br2ClN3O4S. The Morgan fingerprint density at radius 2 is 1.83 bits per heavy atom. The Balaban J connectivity index is 1.36. The number of nitrogens with zero attached hydrogens (tertiary/aromatic N) is 2. The van der Waals surface area contributed by atoms with Gasteiger partial charge >= 0.3 is 0 Å². The number of hydrogen-bond donors (Lipinski definition) is 1. The lowest BCUT2D eigenvalue weighted by molar-refractivity contribution is -0.124. The van der Waals surface area contributed by atoms with Gasteiger partial charge in [-0.05, 0) is 94.5 Å². The van der Waals surface area contributed by atoms with Crippen molar-refractivity contribution >= 4 is 65.6 Å². The Bertz CT molecular complexity index is 1370. The van der Waals surface area contributed by atoms with Gasteiger partial charge in [-0.2, -0.15) is 9.41 Å². The average Bonchev–Trinajstić information content (AvgIpc) is 3.36. The minimum absolute atomic E-state index is 0.0994. The van der Waals surface area contributed by atoms with Crippen LogP contribution in [0.3, 0.4) is 0 Å². The third-order valence-electron chi connectivity index (χ3n) is 5.58. The third-order valence-corrected chi connectivity index (χ3v) is 8.90. The Labute approximate surface area is 231 Å². The number of hydrogen-bond acceptors (Lipinski definition) is 5. The molecule has 1 saturated heterocycles. The third kappa shape index (κ3) is 6.54. The Morgan fingerprint density at radius 1 is 1.11 bits per heavy atom. The van der Waals surface area contributed by atoms with E-state index in [1.54, 1.807) is 0 Å². The van der Waals surface area contributed by atoms with Gasteiger partial charge in [-0.15, -0.1) is 0 Å². The molecule has 1 N–H and O–H groups in total. The maximum absolute atomic E-state index is 13.0. The van der Waals surface area contributed by atoms with Crippen LogP contribution in [-0.4, -0.2) is 37.4 Å². The Hall–Kier alpha value is -2.24. The van der Waals surface area contributed by atoms with Gasteiger partial charge in [0.15, 0.2) is 0 Å². The van der Waals surface area contributed by atoms with Gasteiger partial charge in [-0.3, -0.25) is 4.79 Å². The first-order chi connectivity index (χ1) is 17.2. The van der Waals surface area contributed by atoms with Crippen molar-refractivity contribution in [1.82, 2.24) is 9.73 Å². The number of halogens is 3. The van der Waals surface area contributed by atoms with Crippen LogP contribution in [-0.2, 0) is 21.4 Å². The minimum atomic E-state index is -3.83. The molecule has 0 aliphatic carbocycles. The smallest absolute Gasteiger partial charge is 0.258 e. The second-order valence-corrected chi connectivity index (χ2v) is 12.2. The number of rotatable bonds is 8. The molecule has 1 atom stereocenters. The number of ether oxygens (including phenoxy) is 1. The number of hydrazone groups is 1. The molecule has 1 aliphatic rings. The molecular weight excluding hydrogens is 634 g/mol. The zero-order valence-electron chi connectivity index (χ0n) is 18.9. The molecule has 7 nitrogen and oxygen atoms in total. The summed E-state index contributed by atoms with van der Waals surface area (Å²) in [6.07, 6.45) is 2.50. The van der Waals surface area contributed by atoms with E-state index in [-0.39, 0.29) is 11.4 Å². The lowest BCUT2D eigenvalue weighted by atomic mass is 10.2. The highest BCUT2D eigenvalue weighted by molar-refractivity contribution is 9.10. The van der Waals surface area contributed by atoms with E-state index in [9.17, 15) is 13.2 Å². The normalized spacial score (nSPS) is 16.4. The van der Waals surface area contributed by atoms with Gasteiger partial charge in [0.2, 0.25) is 10.0 Å². The minimum Gasteiger partial charge on any atom is -0.488 e. The Morgan fingerprint density at radius 3 is 2.53 bits per heavy atom. The zero-order valence-corrected chi connectivity index (χ0v) is 23.6. The molecule has 1 amide bonds. The molecule has 0 radical (unpaired) electrons. The number of sulfonamides is 1. The molecule has 3 aromatic rings. The van der Waals surface area contributed by atoms with E-state index in [1.165, 1.54) is 34.8 Å². The molecule has 0 bridgehead atoms. The molecule has 3 aromatic carbocycles. The van der Waals surface area contributed by atoms with Crippen molar-refractivity contribution < 1.29 is 17.9 Å². The lowest BCUT2D eigenvalue weighted by Gasteiger charge is -2.22. The monoisotopic (exact) mass is 653 g/mol. The van der Waals surface area contributed by atoms with E-state index < -0.39 is 22.0 Å². The van der Waals surface area contributed by atoms with E-state index in [4.69, 9.17) is 16.3 Å². The first-order valence-electron chi connectivity index (χ1n) is 11.0. The number of nitrogens with one attached hydrogen (secondary N) is 1. The number of carbonyl (C=O) groups is 1. The van der Waals surface area contributed by atoms with Gasteiger partial charge in [-0.1, -0.05) is 39.7 Å². The Kier molecular flexibility index (Phi) is 8.84. The van der Waals surface area contributed by atoms with Gasteiger partial charge in [0.05, 0.1) is 15.6 Å². The van der Waals surface area contributed by atoms with Crippen LogP contribution in [0.1, 0.15) is 24.0 Å². The SMILES string of the molecule is O=C(N/N=C\c1ccc(OCc2ccc(Br)cc2)c(Br)c1)[C@H]1CCCN1S(=O)(=O)c1ccc(Cl)cc1. The van der Waals surface area contributed by atoms with Crippen LogP contribution >= 0.6 is 43.5 Å². The van der Waals surface area contributed by atoms with Crippen molar-refractivity contribution in [1.29, 1.82) is 0 Å². The topological polar surface area (TPSA) is 88.1 Å². The number of carbonyl (C=O) groups excluding carboxylic acids is 1. The molecule has 1 heterocycles. The molecule has 0 saturated carbocycles. The largest absolute Gasteiger partial charge is 0.488 e. The van der Waals surface area contributed by atoms with Crippen molar-refractivity contribution in [3.05, 3.63) is 91.8 Å². The van der Waals surface area contributed by atoms with Gasteiger partial charge in [-0.25, -0.2) is 13.8 Å². The number of benzene rings is 3. The molecule has 1 aliphatic heterocycles. The molecule has 1 fully saturated rings. The second-order valence-electron chi connectivity index (χ2n) is 8.07.